The van der Waals surface area contributed by atoms with Crippen LogP contribution in [0.15, 0.2) is 76.4 Å². The van der Waals surface area contributed by atoms with Crippen LogP contribution < -0.4 is 5.32 Å². The number of aromatic amines is 1. The van der Waals surface area contributed by atoms with Crippen molar-refractivity contribution in [3.63, 3.8) is 0 Å². The second-order valence-electron chi connectivity index (χ2n) is 7.70. The van der Waals surface area contributed by atoms with Gasteiger partial charge in [0.1, 0.15) is 36.4 Å². The molecule has 3 unspecified atom stereocenters. The first-order valence-electron chi connectivity index (χ1n) is 10.0. The lowest BCUT2D eigenvalue weighted by molar-refractivity contribution is 0.0271. The van der Waals surface area contributed by atoms with Crippen molar-refractivity contribution >= 4 is 16.9 Å². The zero-order valence-corrected chi connectivity index (χ0v) is 16.5. The van der Waals surface area contributed by atoms with E-state index in [9.17, 15) is 8.78 Å². The summed E-state index contributed by atoms with van der Waals surface area (Å²) in [6.07, 6.45) is 4.01. The minimum absolute atomic E-state index is 0.0477. The van der Waals surface area contributed by atoms with Gasteiger partial charge in [0.15, 0.2) is 0 Å². The Kier molecular flexibility index (Phi) is 4.96. The van der Waals surface area contributed by atoms with E-state index in [4.69, 9.17) is 10.00 Å². The highest BCUT2D eigenvalue weighted by molar-refractivity contribution is 5.92. The van der Waals surface area contributed by atoms with Crippen molar-refractivity contribution in [1.82, 2.24) is 15.3 Å². The number of allylic oxidation sites excluding steroid dienone is 3. The number of para-hydroxylation sites is 2. The van der Waals surface area contributed by atoms with Crippen LogP contribution >= 0.6 is 0 Å². The second-order valence-corrected chi connectivity index (χ2v) is 7.70. The molecule has 1 aliphatic carbocycles. The van der Waals surface area contributed by atoms with Crippen LogP contribution in [0.5, 0.6) is 0 Å². The molecule has 5 rings (SSSR count). The normalized spacial score (nSPS) is 24.9. The molecule has 1 aromatic heterocycles. The minimum atomic E-state index is -1.47. The molecule has 6 nitrogen and oxygen atoms in total. The fraction of sp³-hybridized carbons (Fsp3) is 0.261. The Morgan fingerprint density at radius 2 is 2.13 bits per heavy atom. The quantitative estimate of drug-likeness (QED) is 0.757. The van der Waals surface area contributed by atoms with Crippen LogP contribution in [-0.2, 0) is 11.3 Å². The van der Waals surface area contributed by atoms with E-state index >= 15 is 0 Å². The number of aliphatic imine (C=N–C) groups is 1. The topological polar surface area (TPSA) is 86.1 Å². The Morgan fingerprint density at radius 1 is 1.26 bits per heavy atom. The van der Waals surface area contributed by atoms with Crippen LogP contribution in [0.4, 0.5) is 8.78 Å². The summed E-state index contributed by atoms with van der Waals surface area (Å²) in [4.78, 5) is 11.8. The summed E-state index contributed by atoms with van der Waals surface area (Å²) >= 11 is 0. The number of alkyl halides is 1. The van der Waals surface area contributed by atoms with Crippen molar-refractivity contribution in [3.05, 3.63) is 77.2 Å². The molecule has 3 aliphatic rings. The molecule has 2 N–H and O–H groups in total. The van der Waals surface area contributed by atoms with E-state index in [1.54, 1.807) is 12.4 Å². The summed E-state index contributed by atoms with van der Waals surface area (Å²) in [6.45, 7) is 0.0477. The molecule has 2 aliphatic heterocycles. The zero-order valence-electron chi connectivity index (χ0n) is 16.5. The van der Waals surface area contributed by atoms with Gasteiger partial charge in [-0.05, 0) is 48.3 Å². The van der Waals surface area contributed by atoms with E-state index in [1.165, 1.54) is 12.2 Å². The predicted octanol–water partition coefficient (Wildman–Crippen LogP) is 4.28. The highest BCUT2D eigenvalue weighted by atomic mass is 19.1. The third-order valence-corrected chi connectivity index (χ3v) is 5.65. The van der Waals surface area contributed by atoms with Gasteiger partial charge in [-0.2, -0.15) is 5.26 Å². The van der Waals surface area contributed by atoms with Gasteiger partial charge in [0.25, 0.3) is 0 Å². The number of hydrogen-bond acceptors (Lipinski definition) is 5. The molecule has 0 saturated carbocycles. The molecule has 1 aromatic carbocycles. The lowest BCUT2D eigenvalue weighted by Crippen LogP contribution is -2.30. The lowest BCUT2D eigenvalue weighted by Gasteiger charge is -2.24. The largest absolute Gasteiger partial charge is 0.363 e. The Morgan fingerprint density at radius 3 is 2.97 bits per heavy atom. The van der Waals surface area contributed by atoms with Crippen LogP contribution in [0.1, 0.15) is 18.7 Å². The maximum absolute atomic E-state index is 14.8. The van der Waals surface area contributed by atoms with Crippen LogP contribution in [-0.4, -0.2) is 28.1 Å². The average Bonchev–Trinajstić information content (AvgIpc) is 3.38. The number of aromatic nitrogens is 2. The van der Waals surface area contributed by atoms with Crippen LogP contribution in [0.2, 0.25) is 0 Å². The van der Waals surface area contributed by atoms with Gasteiger partial charge in [-0.25, -0.2) is 18.8 Å². The fourth-order valence-electron chi connectivity index (χ4n) is 4.02. The number of halogens is 2. The maximum Gasteiger partial charge on any atom is 0.149 e. The van der Waals surface area contributed by atoms with Gasteiger partial charge < -0.3 is 15.0 Å². The first kappa shape index (κ1) is 19.4. The molecule has 0 spiro atoms. The van der Waals surface area contributed by atoms with Gasteiger partial charge >= 0.3 is 0 Å². The van der Waals surface area contributed by atoms with Gasteiger partial charge in [0, 0.05) is 23.9 Å². The lowest BCUT2D eigenvalue weighted by atomic mass is 9.86. The molecular weight excluding hydrogens is 400 g/mol. The number of fused-ring (bicyclic) bond motifs is 2. The Labute approximate surface area is 177 Å². The number of imidazole rings is 1. The van der Waals surface area contributed by atoms with Crippen LogP contribution in [0.3, 0.4) is 0 Å². The molecule has 0 radical (unpaired) electrons. The zero-order chi connectivity index (χ0) is 21.4. The first-order chi connectivity index (χ1) is 15.1. The standard InChI is InChI=1S/C23H19F2N5O/c24-17-8-21(31-12-22-29-19-3-1-2-4-20(19)30-22)18(25)7-14(17)6-15-11-28-23-16(15)5-13(9-26)10-27-23/h1-4,7-8,10-11,16,18,21H,5-6,12H2,(H,27,28)(H,29,30). The summed E-state index contributed by atoms with van der Waals surface area (Å²) < 4.78 is 35.1. The fourth-order valence-corrected chi connectivity index (χ4v) is 4.02. The van der Waals surface area contributed by atoms with Crippen molar-refractivity contribution in [2.75, 3.05) is 0 Å². The van der Waals surface area contributed by atoms with Crippen molar-refractivity contribution < 1.29 is 13.5 Å². The average molecular weight is 419 g/mol. The number of rotatable bonds is 5. The van der Waals surface area contributed by atoms with Gasteiger partial charge in [-0.1, -0.05) is 12.1 Å². The SMILES string of the molecule is N#CC1=CNC2=NC=C(CC3=CC(F)C(OCc4nc5ccccc5[nH]4)C=C3F)C2C1. The van der Waals surface area contributed by atoms with Crippen molar-refractivity contribution in [1.29, 1.82) is 5.26 Å². The molecule has 3 heterocycles. The minimum Gasteiger partial charge on any atom is -0.363 e. The van der Waals surface area contributed by atoms with Crippen LogP contribution in [0.25, 0.3) is 11.0 Å². The Bertz CT molecular complexity index is 1200. The Hall–Kier alpha value is -3.57. The monoisotopic (exact) mass is 419 g/mol. The number of benzene rings is 1. The van der Waals surface area contributed by atoms with Gasteiger partial charge in [-0.15, -0.1) is 0 Å². The summed E-state index contributed by atoms with van der Waals surface area (Å²) in [6, 6.07) is 9.66. The second kappa shape index (κ2) is 7.93. The number of nitrogens with one attached hydrogen (secondary N) is 2. The number of amidine groups is 1. The van der Waals surface area contributed by atoms with E-state index in [-0.39, 0.29) is 24.5 Å². The molecule has 8 heteroatoms. The molecule has 156 valence electrons. The molecule has 3 atom stereocenters. The summed E-state index contributed by atoms with van der Waals surface area (Å²) in [5.41, 5.74) is 3.39. The molecule has 0 bridgehead atoms. The van der Waals surface area contributed by atoms with E-state index in [2.05, 4.69) is 26.3 Å². The molecule has 2 aromatic rings. The molecule has 31 heavy (non-hydrogen) atoms. The van der Waals surface area contributed by atoms with E-state index in [0.717, 1.165) is 22.4 Å². The predicted molar refractivity (Wildman–Crippen MR) is 112 cm³/mol. The van der Waals surface area contributed by atoms with E-state index in [0.29, 0.717) is 17.8 Å². The van der Waals surface area contributed by atoms with E-state index < -0.39 is 18.1 Å². The summed E-state index contributed by atoms with van der Waals surface area (Å²) in [5, 5.41) is 12.1. The highest BCUT2D eigenvalue weighted by Crippen LogP contribution is 2.36. The molecular formula is C23H19F2N5O. The molecule has 0 amide bonds. The van der Waals surface area contributed by atoms with Crippen molar-refractivity contribution in [2.45, 2.75) is 31.7 Å². The van der Waals surface area contributed by atoms with Crippen LogP contribution in [0, 0.1) is 17.2 Å². The number of nitrogens with zero attached hydrogens (tertiary/aromatic N) is 3. The number of ether oxygens (including phenoxy) is 1. The maximum atomic E-state index is 14.8. The summed E-state index contributed by atoms with van der Waals surface area (Å²) in [5.74, 6) is 0.689. The van der Waals surface area contributed by atoms with E-state index in [1.807, 2.05) is 24.3 Å². The third-order valence-electron chi connectivity index (χ3n) is 5.65. The van der Waals surface area contributed by atoms with Crippen molar-refractivity contribution in [2.24, 2.45) is 10.9 Å². The molecule has 0 fully saturated rings. The Balaban J connectivity index is 1.23. The van der Waals surface area contributed by atoms with Gasteiger partial charge in [-0.3, -0.25) is 0 Å². The van der Waals surface area contributed by atoms with Crippen molar-refractivity contribution in [3.8, 4) is 6.07 Å². The third kappa shape index (κ3) is 3.80. The van der Waals surface area contributed by atoms with Gasteiger partial charge in [0.05, 0.1) is 17.1 Å². The van der Waals surface area contributed by atoms with Gasteiger partial charge in [0.2, 0.25) is 0 Å². The number of nitriles is 1. The smallest absolute Gasteiger partial charge is 0.149 e. The molecule has 0 saturated heterocycles. The number of H-pyrrole nitrogens is 1. The number of hydrogen-bond donors (Lipinski definition) is 2. The summed E-state index contributed by atoms with van der Waals surface area (Å²) in [7, 11) is 0. The highest BCUT2D eigenvalue weighted by Gasteiger charge is 2.32. The first-order valence-corrected chi connectivity index (χ1v) is 10.0.